The third-order valence-electron chi connectivity index (χ3n) is 3.43. The largest absolute Gasteiger partial charge is 0.376 e. The maximum Gasteiger partial charge on any atom is 0.0933 e. The van der Waals surface area contributed by atoms with E-state index < -0.39 is 0 Å². The molecular weight excluding hydrogens is 272 g/mol. The van der Waals surface area contributed by atoms with Crippen LogP contribution in [0, 0.1) is 0 Å². The van der Waals surface area contributed by atoms with Crippen LogP contribution in [0.1, 0.15) is 11.1 Å². The summed E-state index contributed by atoms with van der Waals surface area (Å²) in [4.78, 5) is 0. The summed E-state index contributed by atoms with van der Waals surface area (Å²) in [5.41, 5.74) is 4.29. The van der Waals surface area contributed by atoms with Crippen molar-refractivity contribution in [2.75, 3.05) is 6.61 Å². The molecule has 0 N–H and O–H groups in total. The highest BCUT2D eigenvalue weighted by Crippen LogP contribution is 2.16. The SMILES string of the molecule is c1ccc(CCOCc2cnnc(-c3ccccc3)c2)cc1. The maximum atomic E-state index is 5.75. The minimum atomic E-state index is 0.558. The quantitative estimate of drug-likeness (QED) is 0.646. The van der Waals surface area contributed by atoms with Crippen LogP contribution < -0.4 is 0 Å². The van der Waals surface area contributed by atoms with Gasteiger partial charge < -0.3 is 4.74 Å². The zero-order chi connectivity index (χ0) is 15.0. The fraction of sp³-hybridized carbons (Fsp3) is 0.158. The van der Waals surface area contributed by atoms with Crippen LogP contribution in [0.15, 0.2) is 72.9 Å². The van der Waals surface area contributed by atoms with Crippen molar-refractivity contribution in [2.45, 2.75) is 13.0 Å². The van der Waals surface area contributed by atoms with Crippen molar-refractivity contribution in [3.63, 3.8) is 0 Å². The zero-order valence-electron chi connectivity index (χ0n) is 12.4. The molecule has 3 nitrogen and oxygen atoms in total. The summed E-state index contributed by atoms with van der Waals surface area (Å²) >= 11 is 0. The Kier molecular flexibility index (Phi) is 4.90. The monoisotopic (exact) mass is 290 g/mol. The minimum absolute atomic E-state index is 0.558. The predicted molar refractivity (Wildman–Crippen MR) is 87.3 cm³/mol. The standard InChI is InChI=1S/C19H18N2O/c1-3-7-16(8-4-1)11-12-22-15-17-13-19(21-20-14-17)18-9-5-2-6-10-18/h1-10,13-14H,11-12,15H2. The summed E-state index contributed by atoms with van der Waals surface area (Å²) in [6.45, 7) is 1.26. The summed E-state index contributed by atoms with van der Waals surface area (Å²) in [7, 11) is 0. The Morgan fingerprint density at radius 2 is 1.55 bits per heavy atom. The lowest BCUT2D eigenvalue weighted by molar-refractivity contribution is 0.123. The van der Waals surface area contributed by atoms with Gasteiger partial charge in [-0.05, 0) is 18.1 Å². The first kappa shape index (κ1) is 14.4. The summed E-state index contributed by atoms with van der Waals surface area (Å²) in [6, 6.07) is 22.4. The van der Waals surface area contributed by atoms with Crippen molar-refractivity contribution in [3.05, 3.63) is 84.1 Å². The highest BCUT2D eigenvalue weighted by Gasteiger charge is 2.02. The molecule has 0 aliphatic rings. The van der Waals surface area contributed by atoms with Gasteiger partial charge in [-0.25, -0.2) is 0 Å². The Balaban J connectivity index is 1.55. The van der Waals surface area contributed by atoms with Gasteiger partial charge in [0, 0.05) is 11.1 Å². The van der Waals surface area contributed by atoms with Crippen LogP contribution in [-0.4, -0.2) is 16.8 Å². The predicted octanol–water partition coefficient (Wildman–Crippen LogP) is 3.90. The zero-order valence-corrected chi connectivity index (χ0v) is 12.4. The summed E-state index contributed by atoms with van der Waals surface area (Å²) in [5, 5.41) is 8.25. The summed E-state index contributed by atoms with van der Waals surface area (Å²) in [5.74, 6) is 0. The van der Waals surface area contributed by atoms with E-state index in [9.17, 15) is 0 Å². The third kappa shape index (κ3) is 3.99. The molecule has 0 aliphatic carbocycles. The van der Waals surface area contributed by atoms with E-state index in [1.165, 1.54) is 5.56 Å². The molecule has 0 spiro atoms. The molecule has 1 heterocycles. The molecule has 0 radical (unpaired) electrons. The lowest BCUT2D eigenvalue weighted by atomic mass is 10.1. The van der Waals surface area contributed by atoms with E-state index in [2.05, 4.69) is 22.3 Å². The Hall–Kier alpha value is -2.52. The Bertz CT molecular complexity index is 699. The van der Waals surface area contributed by atoms with E-state index in [0.29, 0.717) is 13.2 Å². The fourth-order valence-corrected chi connectivity index (χ4v) is 2.26. The number of hydrogen-bond donors (Lipinski definition) is 0. The lowest BCUT2D eigenvalue weighted by Gasteiger charge is -2.06. The first-order chi connectivity index (χ1) is 10.9. The average Bonchev–Trinajstić information content (AvgIpc) is 2.61. The highest BCUT2D eigenvalue weighted by molar-refractivity contribution is 5.58. The van der Waals surface area contributed by atoms with Crippen molar-refractivity contribution in [1.29, 1.82) is 0 Å². The number of nitrogens with zero attached hydrogens (tertiary/aromatic N) is 2. The number of rotatable bonds is 6. The number of hydrogen-bond acceptors (Lipinski definition) is 3. The molecule has 3 heteroatoms. The van der Waals surface area contributed by atoms with Gasteiger partial charge in [-0.15, -0.1) is 0 Å². The van der Waals surface area contributed by atoms with Crippen molar-refractivity contribution in [2.24, 2.45) is 0 Å². The van der Waals surface area contributed by atoms with E-state index >= 15 is 0 Å². The fourth-order valence-electron chi connectivity index (χ4n) is 2.26. The Morgan fingerprint density at radius 1 is 0.818 bits per heavy atom. The number of aromatic nitrogens is 2. The molecule has 3 aromatic rings. The molecule has 0 atom stereocenters. The van der Waals surface area contributed by atoms with Crippen molar-refractivity contribution in [3.8, 4) is 11.3 Å². The smallest absolute Gasteiger partial charge is 0.0933 e. The van der Waals surface area contributed by atoms with Gasteiger partial charge >= 0.3 is 0 Å². The Morgan fingerprint density at radius 3 is 2.32 bits per heavy atom. The van der Waals surface area contributed by atoms with Crippen molar-refractivity contribution in [1.82, 2.24) is 10.2 Å². The van der Waals surface area contributed by atoms with Gasteiger partial charge in [-0.3, -0.25) is 0 Å². The molecule has 0 saturated carbocycles. The van der Waals surface area contributed by atoms with Gasteiger partial charge in [0.1, 0.15) is 0 Å². The second-order valence-electron chi connectivity index (χ2n) is 5.10. The van der Waals surface area contributed by atoms with Gasteiger partial charge in [0.25, 0.3) is 0 Å². The molecule has 2 aromatic carbocycles. The molecule has 0 fully saturated rings. The van der Waals surface area contributed by atoms with Crippen LogP contribution in [-0.2, 0) is 17.8 Å². The van der Waals surface area contributed by atoms with Crippen LogP contribution in [0.4, 0.5) is 0 Å². The van der Waals surface area contributed by atoms with Crippen LogP contribution in [0.2, 0.25) is 0 Å². The third-order valence-corrected chi connectivity index (χ3v) is 3.43. The number of ether oxygens (including phenoxy) is 1. The minimum Gasteiger partial charge on any atom is -0.376 e. The van der Waals surface area contributed by atoms with Gasteiger partial charge in [-0.2, -0.15) is 10.2 Å². The van der Waals surface area contributed by atoms with Crippen molar-refractivity contribution >= 4 is 0 Å². The van der Waals surface area contributed by atoms with Crippen LogP contribution in [0.25, 0.3) is 11.3 Å². The maximum absolute atomic E-state index is 5.75. The molecule has 1 aromatic heterocycles. The van der Waals surface area contributed by atoms with Gasteiger partial charge in [-0.1, -0.05) is 60.7 Å². The summed E-state index contributed by atoms with van der Waals surface area (Å²) < 4.78 is 5.75. The van der Waals surface area contributed by atoms with Gasteiger partial charge in [0.05, 0.1) is 25.1 Å². The highest BCUT2D eigenvalue weighted by atomic mass is 16.5. The van der Waals surface area contributed by atoms with Crippen molar-refractivity contribution < 1.29 is 4.74 Å². The summed E-state index contributed by atoms with van der Waals surface area (Å²) in [6.07, 6.45) is 2.68. The van der Waals surface area contributed by atoms with E-state index in [1.807, 2.05) is 54.6 Å². The molecule has 0 unspecified atom stereocenters. The molecule has 0 amide bonds. The molecule has 22 heavy (non-hydrogen) atoms. The molecule has 3 rings (SSSR count). The van der Waals surface area contributed by atoms with Gasteiger partial charge in [0.15, 0.2) is 0 Å². The van der Waals surface area contributed by atoms with Gasteiger partial charge in [0.2, 0.25) is 0 Å². The first-order valence-electron chi connectivity index (χ1n) is 7.40. The molecule has 110 valence electrons. The Labute approximate surface area is 130 Å². The second kappa shape index (κ2) is 7.48. The first-order valence-corrected chi connectivity index (χ1v) is 7.40. The molecule has 0 aliphatic heterocycles. The van der Waals surface area contributed by atoms with E-state index in [4.69, 9.17) is 4.74 Å². The molecule has 0 bridgehead atoms. The van der Waals surface area contributed by atoms with E-state index in [0.717, 1.165) is 23.2 Å². The number of benzene rings is 2. The van der Waals surface area contributed by atoms with E-state index in [-0.39, 0.29) is 0 Å². The molecule has 0 saturated heterocycles. The molecular formula is C19H18N2O. The second-order valence-corrected chi connectivity index (χ2v) is 5.10. The topological polar surface area (TPSA) is 35.0 Å². The normalized spacial score (nSPS) is 10.5. The van der Waals surface area contributed by atoms with Crippen LogP contribution in [0.3, 0.4) is 0 Å². The van der Waals surface area contributed by atoms with Crippen LogP contribution in [0.5, 0.6) is 0 Å². The average molecular weight is 290 g/mol. The van der Waals surface area contributed by atoms with E-state index in [1.54, 1.807) is 6.20 Å². The van der Waals surface area contributed by atoms with Crippen LogP contribution >= 0.6 is 0 Å². The lowest BCUT2D eigenvalue weighted by Crippen LogP contribution is -2.00.